The number of guanidine groups is 1. The molecule has 0 saturated heterocycles. The molecule has 0 aromatic heterocycles. The van der Waals surface area contributed by atoms with Crippen LogP contribution >= 0.6 is 0 Å². The number of amides is 3. The number of carboxylic acid groups (broad SMARTS) is 1. The second-order valence-electron chi connectivity index (χ2n) is 8.30. The molecule has 5 unspecified atom stereocenters. The van der Waals surface area contributed by atoms with Gasteiger partial charge in [0.25, 0.3) is 0 Å². The van der Waals surface area contributed by atoms with Crippen LogP contribution in [0.25, 0.3) is 0 Å². The molecular weight excluding hydrogens is 490 g/mol. The molecule has 3 amide bonds. The maximum Gasteiger partial charge on any atom is 0.326 e. The summed E-state index contributed by atoms with van der Waals surface area (Å²) >= 11 is 0. The number of aromatic hydroxyl groups is 1. The van der Waals surface area contributed by atoms with Gasteiger partial charge in [-0.2, -0.15) is 0 Å². The van der Waals surface area contributed by atoms with Crippen molar-refractivity contribution in [2.24, 2.45) is 22.2 Å². The first kappa shape index (κ1) is 31.1. The number of carboxylic acids is 1. The number of benzene rings is 1. The van der Waals surface area contributed by atoms with Gasteiger partial charge in [-0.25, -0.2) is 4.79 Å². The van der Waals surface area contributed by atoms with E-state index in [1.807, 2.05) is 0 Å². The molecule has 0 heterocycles. The highest BCUT2D eigenvalue weighted by atomic mass is 16.4. The molecule has 0 spiro atoms. The van der Waals surface area contributed by atoms with Crippen LogP contribution in [0.1, 0.15) is 25.3 Å². The Labute approximate surface area is 213 Å². The normalized spacial score (nSPS) is 14.8. The average Bonchev–Trinajstić information content (AvgIpc) is 2.83. The molecule has 1 aromatic rings. The van der Waals surface area contributed by atoms with E-state index in [2.05, 4.69) is 20.9 Å². The summed E-state index contributed by atoms with van der Waals surface area (Å²) in [7, 11) is 0. The van der Waals surface area contributed by atoms with Crippen LogP contribution in [0.5, 0.6) is 5.75 Å². The predicted octanol–water partition coefficient (Wildman–Crippen LogP) is -3.77. The summed E-state index contributed by atoms with van der Waals surface area (Å²) in [5.41, 5.74) is 16.4. The van der Waals surface area contributed by atoms with E-state index in [9.17, 15) is 34.5 Å². The first-order valence-corrected chi connectivity index (χ1v) is 11.4. The van der Waals surface area contributed by atoms with Crippen LogP contribution in [0, 0.1) is 0 Å². The standard InChI is InChI=1S/C22H35N7O8/c1-11(31)17(29-18(33)14(23)10-30)20(35)28-16(9-12-4-6-13(32)7-5-12)19(34)27-15(21(36)37)3-2-8-26-22(24)25/h4-7,11,14-17,30-32H,2-3,8-10,23H2,1H3,(H,27,34)(H,28,35)(H,29,33)(H,36,37)(H4,24,25,26). The van der Waals surface area contributed by atoms with Crippen molar-refractivity contribution in [3.63, 3.8) is 0 Å². The van der Waals surface area contributed by atoms with Gasteiger partial charge in [0.2, 0.25) is 17.7 Å². The number of carbonyl (C=O) groups is 4. The molecule has 0 fully saturated rings. The topological polar surface area (TPSA) is 276 Å². The fourth-order valence-electron chi connectivity index (χ4n) is 3.12. The molecular formula is C22H35N7O8. The zero-order valence-corrected chi connectivity index (χ0v) is 20.3. The third-order valence-electron chi connectivity index (χ3n) is 5.17. The van der Waals surface area contributed by atoms with E-state index in [-0.39, 0.29) is 37.5 Å². The fraction of sp³-hybridized carbons (Fsp3) is 0.500. The molecule has 206 valence electrons. The molecule has 15 heteroatoms. The lowest BCUT2D eigenvalue weighted by Crippen LogP contribution is -2.60. The van der Waals surface area contributed by atoms with E-state index in [1.54, 1.807) is 0 Å². The Morgan fingerprint density at radius 2 is 1.57 bits per heavy atom. The second-order valence-corrected chi connectivity index (χ2v) is 8.30. The minimum atomic E-state index is -1.53. The Hall–Kier alpha value is -3.95. The highest BCUT2D eigenvalue weighted by Gasteiger charge is 2.32. The lowest BCUT2D eigenvalue weighted by molar-refractivity contribution is -0.142. The maximum absolute atomic E-state index is 13.1. The van der Waals surface area contributed by atoms with E-state index < -0.39 is 60.6 Å². The van der Waals surface area contributed by atoms with Crippen molar-refractivity contribution >= 4 is 29.7 Å². The van der Waals surface area contributed by atoms with Gasteiger partial charge in [0.05, 0.1) is 12.7 Å². The predicted molar refractivity (Wildman–Crippen MR) is 132 cm³/mol. The molecule has 37 heavy (non-hydrogen) atoms. The summed E-state index contributed by atoms with van der Waals surface area (Å²) in [5, 5.41) is 45.1. The van der Waals surface area contributed by atoms with Crippen LogP contribution in [0.3, 0.4) is 0 Å². The summed E-state index contributed by atoms with van der Waals surface area (Å²) in [6.07, 6.45) is -1.29. The Balaban J connectivity index is 3.09. The quantitative estimate of drug-likeness (QED) is 0.0602. The number of aliphatic hydroxyl groups excluding tert-OH is 2. The number of aliphatic carboxylic acids is 1. The van der Waals surface area contributed by atoms with Crippen molar-refractivity contribution in [2.75, 3.05) is 13.2 Å². The zero-order chi connectivity index (χ0) is 28.1. The number of rotatable bonds is 15. The molecule has 0 radical (unpaired) electrons. The number of phenols is 1. The summed E-state index contributed by atoms with van der Waals surface area (Å²) in [5.74, 6) is -4.22. The third kappa shape index (κ3) is 11.1. The molecule has 5 atom stereocenters. The Bertz CT molecular complexity index is 951. The van der Waals surface area contributed by atoms with Gasteiger partial charge in [0.1, 0.15) is 29.9 Å². The first-order valence-electron chi connectivity index (χ1n) is 11.4. The number of aliphatic hydroxyl groups is 2. The number of nitrogens with zero attached hydrogens (tertiary/aromatic N) is 1. The van der Waals surface area contributed by atoms with Crippen LogP contribution in [-0.4, -0.2) is 93.5 Å². The number of aliphatic imine (C=N–C) groups is 1. The van der Waals surface area contributed by atoms with Gasteiger partial charge in [-0.05, 0) is 37.5 Å². The number of hydrogen-bond donors (Lipinski definition) is 10. The number of carbonyl (C=O) groups excluding carboxylic acids is 3. The van der Waals surface area contributed by atoms with Gasteiger partial charge in [0, 0.05) is 13.0 Å². The molecule has 0 aliphatic rings. The van der Waals surface area contributed by atoms with E-state index >= 15 is 0 Å². The average molecular weight is 526 g/mol. The summed E-state index contributed by atoms with van der Waals surface area (Å²) < 4.78 is 0. The van der Waals surface area contributed by atoms with Gasteiger partial charge < -0.3 is 53.6 Å². The van der Waals surface area contributed by atoms with Crippen LogP contribution in [0.15, 0.2) is 29.3 Å². The summed E-state index contributed by atoms with van der Waals surface area (Å²) in [6, 6.07) is 0.197. The van der Waals surface area contributed by atoms with Gasteiger partial charge in [0.15, 0.2) is 5.96 Å². The highest BCUT2D eigenvalue weighted by Crippen LogP contribution is 2.12. The molecule has 1 aromatic carbocycles. The Morgan fingerprint density at radius 3 is 2.08 bits per heavy atom. The van der Waals surface area contributed by atoms with E-state index in [4.69, 9.17) is 22.3 Å². The van der Waals surface area contributed by atoms with Gasteiger partial charge in [-0.3, -0.25) is 19.4 Å². The lowest BCUT2D eigenvalue weighted by atomic mass is 10.0. The number of nitrogens with one attached hydrogen (secondary N) is 3. The summed E-state index contributed by atoms with van der Waals surface area (Å²) in [4.78, 5) is 53.5. The molecule has 0 aliphatic carbocycles. The van der Waals surface area contributed by atoms with Crippen molar-refractivity contribution in [1.29, 1.82) is 0 Å². The van der Waals surface area contributed by atoms with Crippen LogP contribution in [0.2, 0.25) is 0 Å². The molecule has 13 N–H and O–H groups in total. The minimum Gasteiger partial charge on any atom is -0.508 e. The molecule has 15 nitrogen and oxygen atoms in total. The Kier molecular flexibility index (Phi) is 12.8. The third-order valence-corrected chi connectivity index (χ3v) is 5.17. The zero-order valence-electron chi connectivity index (χ0n) is 20.3. The van der Waals surface area contributed by atoms with Crippen LogP contribution in [-0.2, 0) is 25.6 Å². The first-order chi connectivity index (χ1) is 17.3. The number of nitrogens with two attached hydrogens (primary N) is 3. The van der Waals surface area contributed by atoms with Crippen molar-refractivity contribution < 1.29 is 39.6 Å². The van der Waals surface area contributed by atoms with E-state index in [1.165, 1.54) is 31.2 Å². The van der Waals surface area contributed by atoms with Crippen molar-refractivity contribution in [3.05, 3.63) is 29.8 Å². The van der Waals surface area contributed by atoms with Crippen molar-refractivity contribution in [3.8, 4) is 5.75 Å². The lowest BCUT2D eigenvalue weighted by Gasteiger charge is -2.26. The van der Waals surface area contributed by atoms with E-state index in [0.29, 0.717) is 5.56 Å². The highest BCUT2D eigenvalue weighted by molar-refractivity contribution is 5.94. The molecule has 1 rings (SSSR count). The number of hydrogen-bond acceptors (Lipinski definition) is 9. The minimum absolute atomic E-state index is 0.0108. The smallest absolute Gasteiger partial charge is 0.326 e. The van der Waals surface area contributed by atoms with Crippen molar-refractivity contribution in [2.45, 2.75) is 56.5 Å². The largest absolute Gasteiger partial charge is 0.508 e. The fourth-order valence-corrected chi connectivity index (χ4v) is 3.12. The maximum atomic E-state index is 13.1. The second kappa shape index (κ2) is 15.2. The Morgan fingerprint density at radius 1 is 0.973 bits per heavy atom. The molecule has 0 aliphatic heterocycles. The van der Waals surface area contributed by atoms with Crippen LogP contribution < -0.4 is 33.2 Å². The van der Waals surface area contributed by atoms with Gasteiger partial charge in [-0.1, -0.05) is 12.1 Å². The summed E-state index contributed by atoms with van der Waals surface area (Å²) in [6.45, 7) is 0.661. The van der Waals surface area contributed by atoms with Crippen LogP contribution in [0.4, 0.5) is 0 Å². The van der Waals surface area contributed by atoms with Crippen molar-refractivity contribution in [1.82, 2.24) is 16.0 Å². The van der Waals surface area contributed by atoms with E-state index in [0.717, 1.165) is 0 Å². The molecule has 0 saturated carbocycles. The van der Waals surface area contributed by atoms with Gasteiger partial charge in [-0.15, -0.1) is 0 Å². The van der Waals surface area contributed by atoms with Gasteiger partial charge >= 0.3 is 5.97 Å². The molecule has 0 bridgehead atoms. The monoisotopic (exact) mass is 525 g/mol. The SMILES string of the molecule is CC(O)C(NC(=O)C(N)CO)C(=O)NC(Cc1ccc(O)cc1)C(=O)NC(CCCN=C(N)N)C(=O)O. The number of phenolic OH excluding ortho intramolecular Hbond substituents is 1.